The summed E-state index contributed by atoms with van der Waals surface area (Å²) in [5, 5.41) is 14.2. The summed E-state index contributed by atoms with van der Waals surface area (Å²) >= 11 is 1.57. The quantitative estimate of drug-likeness (QED) is 0.574. The van der Waals surface area contributed by atoms with Crippen molar-refractivity contribution in [1.82, 2.24) is 10.2 Å². The molecule has 1 aliphatic rings. The molecular weight excluding hydrogens is 374 g/mol. The van der Waals surface area contributed by atoms with E-state index in [0.29, 0.717) is 6.54 Å². The van der Waals surface area contributed by atoms with Gasteiger partial charge in [-0.2, -0.15) is 5.26 Å². The highest BCUT2D eigenvalue weighted by atomic mass is 32.1. The number of nitrogens with one attached hydrogen (secondary N) is 1. The molecule has 146 valence electrons. The minimum absolute atomic E-state index is 0.0824. The number of thiophene rings is 1. The predicted molar refractivity (Wildman–Crippen MR) is 109 cm³/mol. The van der Waals surface area contributed by atoms with E-state index >= 15 is 0 Å². The fraction of sp³-hybridized carbons (Fsp3) is 0.333. The van der Waals surface area contributed by atoms with Crippen LogP contribution in [0, 0.1) is 11.3 Å². The Balaban J connectivity index is 1.73. The van der Waals surface area contributed by atoms with Gasteiger partial charge in [0.1, 0.15) is 17.4 Å². The molecule has 0 spiro atoms. The van der Waals surface area contributed by atoms with Gasteiger partial charge in [0.05, 0.1) is 26.9 Å². The van der Waals surface area contributed by atoms with E-state index < -0.39 is 0 Å². The van der Waals surface area contributed by atoms with Gasteiger partial charge in [-0.05, 0) is 35.2 Å². The molecule has 1 saturated heterocycles. The highest BCUT2D eigenvalue weighted by molar-refractivity contribution is 7.09. The van der Waals surface area contributed by atoms with Crippen LogP contribution < -0.4 is 10.1 Å². The Labute approximate surface area is 169 Å². The Kier molecular flexibility index (Phi) is 7.20. The van der Waals surface area contributed by atoms with Crippen LogP contribution in [0.2, 0.25) is 0 Å². The monoisotopic (exact) mass is 397 g/mol. The van der Waals surface area contributed by atoms with Crippen LogP contribution in [-0.4, -0.2) is 44.2 Å². The molecule has 0 saturated carbocycles. The first kappa shape index (κ1) is 20.1. The molecule has 3 rings (SSSR count). The third-order valence-electron chi connectivity index (χ3n) is 4.48. The maximum atomic E-state index is 12.4. The number of methoxy groups -OCH3 is 1. The number of rotatable bonds is 7. The number of carbonyl (C=O) groups excluding carboxylic acids is 1. The zero-order valence-electron chi connectivity index (χ0n) is 15.8. The van der Waals surface area contributed by atoms with Crippen LogP contribution in [0.15, 0.2) is 41.3 Å². The van der Waals surface area contributed by atoms with E-state index in [2.05, 4.69) is 10.2 Å². The molecule has 1 amide bonds. The molecule has 1 N–H and O–H groups in total. The molecule has 7 heteroatoms. The second kappa shape index (κ2) is 10.0. The number of morpholine rings is 1. The van der Waals surface area contributed by atoms with Crippen LogP contribution >= 0.6 is 11.3 Å². The number of carbonyl (C=O) groups is 1. The van der Waals surface area contributed by atoms with Gasteiger partial charge in [0, 0.05) is 30.1 Å². The van der Waals surface area contributed by atoms with Crippen molar-refractivity contribution in [3.05, 3.63) is 57.3 Å². The summed E-state index contributed by atoms with van der Waals surface area (Å²) in [4.78, 5) is 15.7. The molecule has 1 aromatic heterocycles. The zero-order chi connectivity index (χ0) is 19.8. The molecule has 2 aromatic rings. The SMILES string of the molecule is COc1ccc(/C=C(\C#N)C(=O)NCc2cccs2)cc1CN1CCOCC1. The Morgan fingerprint density at radius 1 is 1.39 bits per heavy atom. The van der Waals surface area contributed by atoms with E-state index in [1.165, 1.54) is 0 Å². The van der Waals surface area contributed by atoms with Crippen molar-refractivity contribution in [2.24, 2.45) is 0 Å². The van der Waals surface area contributed by atoms with Crippen LogP contribution in [0.25, 0.3) is 6.08 Å². The maximum absolute atomic E-state index is 12.4. The minimum atomic E-state index is -0.374. The smallest absolute Gasteiger partial charge is 0.262 e. The molecule has 28 heavy (non-hydrogen) atoms. The number of nitrogens with zero attached hydrogens (tertiary/aromatic N) is 2. The van der Waals surface area contributed by atoms with E-state index in [1.807, 2.05) is 41.8 Å². The van der Waals surface area contributed by atoms with Gasteiger partial charge in [0.25, 0.3) is 5.91 Å². The van der Waals surface area contributed by atoms with E-state index in [1.54, 1.807) is 24.5 Å². The minimum Gasteiger partial charge on any atom is -0.496 e. The number of nitriles is 1. The van der Waals surface area contributed by atoms with E-state index in [-0.39, 0.29) is 11.5 Å². The van der Waals surface area contributed by atoms with Gasteiger partial charge in [0.15, 0.2) is 0 Å². The average molecular weight is 398 g/mol. The fourth-order valence-corrected chi connectivity index (χ4v) is 3.65. The van der Waals surface area contributed by atoms with Crippen LogP contribution in [0.5, 0.6) is 5.75 Å². The van der Waals surface area contributed by atoms with Gasteiger partial charge in [-0.1, -0.05) is 12.1 Å². The van der Waals surface area contributed by atoms with Gasteiger partial charge in [0.2, 0.25) is 0 Å². The van der Waals surface area contributed by atoms with Crippen LogP contribution in [0.3, 0.4) is 0 Å². The molecule has 2 heterocycles. The Morgan fingerprint density at radius 3 is 2.89 bits per heavy atom. The summed E-state index contributed by atoms with van der Waals surface area (Å²) < 4.78 is 10.9. The van der Waals surface area contributed by atoms with Gasteiger partial charge in [-0.25, -0.2) is 0 Å². The van der Waals surface area contributed by atoms with Gasteiger partial charge in [-0.3, -0.25) is 9.69 Å². The maximum Gasteiger partial charge on any atom is 0.262 e. The number of hydrogen-bond donors (Lipinski definition) is 1. The Hall–Kier alpha value is -2.66. The van der Waals surface area contributed by atoms with Gasteiger partial charge < -0.3 is 14.8 Å². The summed E-state index contributed by atoms with van der Waals surface area (Å²) in [7, 11) is 1.65. The van der Waals surface area contributed by atoms with E-state index in [9.17, 15) is 10.1 Å². The number of amides is 1. The lowest BCUT2D eigenvalue weighted by molar-refractivity contribution is -0.117. The van der Waals surface area contributed by atoms with Gasteiger partial charge in [-0.15, -0.1) is 11.3 Å². The topological polar surface area (TPSA) is 74.6 Å². The van der Waals surface area contributed by atoms with Crippen LogP contribution in [-0.2, 0) is 22.6 Å². The summed E-state index contributed by atoms with van der Waals surface area (Å²) in [5.74, 6) is 0.422. The lowest BCUT2D eigenvalue weighted by Crippen LogP contribution is -2.35. The summed E-state index contributed by atoms with van der Waals surface area (Å²) in [6, 6.07) is 11.6. The fourth-order valence-electron chi connectivity index (χ4n) is 3.00. The standard InChI is InChI=1S/C21H23N3O3S/c1-26-20-5-4-16(12-18(20)15-24-6-8-27-9-7-24)11-17(13-22)21(25)23-14-19-3-2-10-28-19/h2-5,10-12H,6-9,14-15H2,1H3,(H,23,25)/b17-11+. The number of benzene rings is 1. The first-order valence-electron chi connectivity index (χ1n) is 9.09. The van der Waals surface area contributed by atoms with Crippen molar-refractivity contribution in [2.45, 2.75) is 13.1 Å². The van der Waals surface area contributed by atoms with Gasteiger partial charge >= 0.3 is 0 Å². The van der Waals surface area contributed by atoms with E-state index in [4.69, 9.17) is 9.47 Å². The van der Waals surface area contributed by atoms with E-state index in [0.717, 1.165) is 54.6 Å². The van der Waals surface area contributed by atoms with Crippen LogP contribution in [0.4, 0.5) is 0 Å². The molecule has 1 aromatic carbocycles. The zero-order valence-corrected chi connectivity index (χ0v) is 16.6. The average Bonchev–Trinajstić information content (AvgIpc) is 3.25. The molecule has 1 fully saturated rings. The van der Waals surface area contributed by atoms with Crippen molar-refractivity contribution in [3.63, 3.8) is 0 Å². The van der Waals surface area contributed by atoms with Crippen molar-refractivity contribution in [2.75, 3.05) is 33.4 Å². The lowest BCUT2D eigenvalue weighted by atomic mass is 10.1. The first-order valence-corrected chi connectivity index (χ1v) is 9.97. The second-order valence-electron chi connectivity index (χ2n) is 6.39. The molecular formula is C21H23N3O3S. The number of hydrogen-bond acceptors (Lipinski definition) is 6. The molecule has 0 radical (unpaired) electrons. The summed E-state index contributed by atoms with van der Waals surface area (Å²) in [6.45, 7) is 4.35. The highest BCUT2D eigenvalue weighted by Gasteiger charge is 2.14. The molecule has 6 nitrogen and oxygen atoms in total. The van der Waals surface area contributed by atoms with Crippen molar-refractivity contribution >= 4 is 23.3 Å². The van der Waals surface area contributed by atoms with Crippen molar-refractivity contribution in [1.29, 1.82) is 5.26 Å². The Morgan fingerprint density at radius 2 is 2.21 bits per heavy atom. The third-order valence-corrected chi connectivity index (χ3v) is 5.36. The third kappa shape index (κ3) is 5.42. The normalized spacial score (nSPS) is 15.1. The second-order valence-corrected chi connectivity index (χ2v) is 7.42. The first-order chi connectivity index (χ1) is 13.7. The molecule has 1 aliphatic heterocycles. The molecule has 0 aliphatic carbocycles. The molecule has 0 atom stereocenters. The molecule has 0 bridgehead atoms. The highest BCUT2D eigenvalue weighted by Crippen LogP contribution is 2.23. The predicted octanol–water partition coefficient (Wildman–Crippen LogP) is 2.81. The van der Waals surface area contributed by atoms with Crippen molar-refractivity contribution in [3.8, 4) is 11.8 Å². The lowest BCUT2D eigenvalue weighted by Gasteiger charge is -2.27. The Bertz CT molecular complexity index is 866. The molecule has 0 unspecified atom stereocenters. The summed E-state index contributed by atoms with van der Waals surface area (Å²) in [6.07, 6.45) is 1.62. The van der Waals surface area contributed by atoms with Crippen LogP contribution in [0.1, 0.15) is 16.0 Å². The number of ether oxygens (including phenoxy) is 2. The largest absolute Gasteiger partial charge is 0.496 e. The van der Waals surface area contributed by atoms with Crippen molar-refractivity contribution < 1.29 is 14.3 Å². The summed E-state index contributed by atoms with van der Waals surface area (Å²) in [5.41, 5.74) is 1.90.